The van der Waals surface area contributed by atoms with Gasteiger partial charge in [-0.3, -0.25) is 4.79 Å². The van der Waals surface area contributed by atoms with E-state index in [4.69, 9.17) is 4.98 Å². The summed E-state index contributed by atoms with van der Waals surface area (Å²) in [6.45, 7) is 1.96. The zero-order valence-electron chi connectivity index (χ0n) is 27.5. The van der Waals surface area contributed by atoms with E-state index in [9.17, 15) is 18.3 Å². The van der Waals surface area contributed by atoms with Gasteiger partial charge in [0.05, 0.1) is 11.0 Å². The molecule has 254 valence electrons. The Morgan fingerprint density at radius 2 is 1.73 bits per heavy atom. The molecule has 0 radical (unpaired) electrons. The van der Waals surface area contributed by atoms with Gasteiger partial charge in [0.25, 0.3) is 0 Å². The van der Waals surface area contributed by atoms with E-state index in [-0.39, 0.29) is 40.9 Å². The average Bonchev–Trinajstić information content (AvgIpc) is 3.93. The molecule has 49 heavy (non-hydrogen) atoms. The second kappa shape index (κ2) is 14.8. The lowest BCUT2D eigenvalue weighted by Gasteiger charge is -2.27. The summed E-state index contributed by atoms with van der Waals surface area (Å²) in [5.74, 6) is 6.75. The number of halogens is 1. The van der Waals surface area contributed by atoms with E-state index >= 15 is 4.39 Å². The quantitative estimate of drug-likeness (QED) is 0.126. The van der Waals surface area contributed by atoms with Crippen LogP contribution in [-0.4, -0.2) is 64.3 Å². The van der Waals surface area contributed by atoms with Crippen molar-refractivity contribution in [1.29, 1.82) is 0 Å². The van der Waals surface area contributed by atoms with Gasteiger partial charge in [-0.2, -0.15) is 4.98 Å². The Kier molecular flexibility index (Phi) is 10.3. The highest BCUT2D eigenvalue weighted by atomic mass is 32.2. The first kappa shape index (κ1) is 34.2. The smallest absolute Gasteiger partial charge is 0.242 e. The number of benzene rings is 2. The van der Waals surface area contributed by atoms with Crippen LogP contribution < -0.4 is 10.6 Å². The van der Waals surface area contributed by atoms with Gasteiger partial charge in [0.1, 0.15) is 17.3 Å². The van der Waals surface area contributed by atoms with Crippen LogP contribution in [-0.2, 0) is 10.0 Å². The predicted molar refractivity (Wildman–Crippen MR) is 186 cm³/mol. The van der Waals surface area contributed by atoms with Crippen LogP contribution >= 0.6 is 0 Å². The third kappa shape index (κ3) is 8.48. The Balaban J connectivity index is 1.21. The van der Waals surface area contributed by atoms with Crippen molar-refractivity contribution in [2.75, 3.05) is 24.2 Å². The van der Waals surface area contributed by atoms with E-state index in [0.29, 0.717) is 53.5 Å². The fraction of sp³-hybridized carbons (Fsp3) is 0.351. The van der Waals surface area contributed by atoms with Crippen molar-refractivity contribution in [3.05, 3.63) is 89.6 Å². The minimum atomic E-state index is -3.83. The number of carbonyl (C=O) groups is 1. The second-order valence-electron chi connectivity index (χ2n) is 12.6. The van der Waals surface area contributed by atoms with Gasteiger partial charge in [-0.15, -0.1) is 0 Å². The summed E-state index contributed by atoms with van der Waals surface area (Å²) in [4.78, 5) is 25.8. The number of ketones is 1. The molecule has 0 aliphatic heterocycles. The average molecular weight is 683 g/mol. The van der Waals surface area contributed by atoms with Crippen molar-refractivity contribution in [2.24, 2.45) is 5.92 Å². The van der Waals surface area contributed by atoms with Gasteiger partial charge < -0.3 is 15.7 Å². The van der Waals surface area contributed by atoms with Crippen molar-refractivity contribution in [2.45, 2.75) is 68.9 Å². The molecule has 0 unspecified atom stereocenters. The van der Waals surface area contributed by atoms with Gasteiger partial charge in [-0.05, 0) is 105 Å². The van der Waals surface area contributed by atoms with E-state index < -0.39 is 15.8 Å². The Labute approximate surface area is 286 Å². The molecule has 0 atom stereocenters. The summed E-state index contributed by atoms with van der Waals surface area (Å²) in [7, 11) is -2.38. The number of aliphatic hydroxyl groups excluding tert-OH is 1. The number of nitrogens with zero attached hydrogens (tertiary/aromatic N) is 4. The molecule has 3 N–H and O–H groups in total. The first-order valence-corrected chi connectivity index (χ1v) is 18.0. The standard InChI is InChI=1S/C37H39FN6O4S/c1-3-44(2)49(47,48)31-16-17-32(34(38)22-31)33-23-40-37(43-36(33)41-27-12-14-30(45)15-13-27)42-28-9-6-24(7-10-28)8-11-29-21-26(18-19-39-29)35(46)20-25-4-5-25/h6-7,9-10,16-19,21-23,25,27,30,45H,3-5,12-15,20H2,1-2H3,(H2,40,41,42,43). The molecule has 0 bridgehead atoms. The second-order valence-corrected chi connectivity index (χ2v) is 14.7. The van der Waals surface area contributed by atoms with Crippen LogP contribution in [0.1, 0.15) is 73.5 Å². The van der Waals surface area contributed by atoms with Crippen LogP contribution in [0.15, 0.2) is 71.9 Å². The topological polar surface area (TPSA) is 137 Å². The number of aliphatic hydroxyl groups is 1. The fourth-order valence-corrected chi connectivity index (χ4v) is 6.86. The third-order valence-corrected chi connectivity index (χ3v) is 10.9. The molecule has 2 aromatic heterocycles. The van der Waals surface area contributed by atoms with Gasteiger partial charge in [-0.25, -0.2) is 27.1 Å². The van der Waals surface area contributed by atoms with Crippen LogP contribution in [0.3, 0.4) is 0 Å². The number of hydrogen-bond acceptors (Lipinski definition) is 9. The first-order chi connectivity index (χ1) is 23.6. The highest BCUT2D eigenvalue weighted by Gasteiger charge is 2.26. The molecule has 2 aliphatic carbocycles. The summed E-state index contributed by atoms with van der Waals surface area (Å²) in [6, 6.07) is 14.7. The lowest BCUT2D eigenvalue weighted by atomic mass is 9.93. The summed E-state index contributed by atoms with van der Waals surface area (Å²) in [6.07, 6.45) is 8.33. The van der Waals surface area contributed by atoms with Crippen molar-refractivity contribution >= 4 is 33.3 Å². The maximum absolute atomic E-state index is 15.6. The van der Waals surface area contributed by atoms with Crippen molar-refractivity contribution < 1.29 is 22.7 Å². The van der Waals surface area contributed by atoms with Crippen molar-refractivity contribution in [3.8, 4) is 23.0 Å². The Morgan fingerprint density at radius 3 is 2.43 bits per heavy atom. The lowest BCUT2D eigenvalue weighted by Crippen LogP contribution is -2.29. The first-order valence-electron chi connectivity index (χ1n) is 16.6. The molecule has 0 spiro atoms. The zero-order chi connectivity index (χ0) is 34.5. The van der Waals surface area contributed by atoms with Crippen LogP contribution in [0.5, 0.6) is 0 Å². The van der Waals surface area contributed by atoms with Gasteiger partial charge in [0, 0.05) is 66.4 Å². The monoisotopic (exact) mass is 682 g/mol. The van der Waals surface area contributed by atoms with Crippen LogP contribution in [0, 0.1) is 23.6 Å². The maximum Gasteiger partial charge on any atom is 0.242 e. The molecular formula is C37H39FN6O4S. The summed E-state index contributed by atoms with van der Waals surface area (Å²) in [5, 5.41) is 16.6. The van der Waals surface area contributed by atoms with E-state index in [1.54, 1.807) is 25.3 Å². The molecule has 0 amide bonds. The van der Waals surface area contributed by atoms with E-state index in [0.717, 1.165) is 41.6 Å². The van der Waals surface area contributed by atoms with Crippen molar-refractivity contribution in [1.82, 2.24) is 19.3 Å². The highest BCUT2D eigenvalue weighted by Crippen LogP contribution is 2.34. The predicted octanol–water partition coefficient (Wildman–Crippen LogP) is 6.16. The molecule has 0 saturated heterocycles. The number of aromatic nitrogens is 3. The molecule has 2 aromatic carbocycles. The molecular weight excluding hydrogens is 644 g/mol. The minimum absolute atomic E-state index is 0.00942. The molecule has 2 fully saturated rings. The fourth-order valence-electron chi connectivity index (χ4n) is 5.66. The van der Waals surface area contributed by atoms with E-state index in [1.807, 2.05) is 24.3 Å². The number of hydrogen-bond donors (Lipinski definition) is 3. The number of pyridine rings is 1. The Hall–Kier alpha value is -4.70. The molecule has 6 rings (SSSR count). The number of rotatable bonds is 11. The number of nitrogens with one attached hydrogen (secondary N) is 2. The summed E-state index contributed by atoms with van der Waals surface area (Å²) < 4.78 is 42.3. The SMILES string of the molecule is CCN(C)S(=O)(=O)c1ccc(-c2cnc(Nc3ccc(C#Cc4cc(C(=O)CC5CC5)ccn4)cc3)nc2NC2CCC(O)CC2)c(F)c1. The number of anilines is 3. The Bertz CT molecular complexity index is 2000. The Morgan fingerprint density at radius 1 is 0.980 bits per heavy atom. The molecule has 12 heteroatoms. The highest BCUT2D eigenvalue weighted by molar-refractivity contribution is 7.89. The van der Waals surface area contributed by atoms with Gasteiger partial charge in [0.2, 0.25) is 16.0 Å². The minimum Gasteiger partial charge on any atom is -0.393 e. The normalized spacial score (nSPS) is 17.7. The van der Waals surface area contributed by atoms with Crippen LogP contribution in [0.4, 0.5) is 21.8 Å². The van der Waals surface area contributed by atoms with Crippen LogP contribution in [0.2, 0.25) is 0 Å². The number of sulfonamides is 1. The van der Waals surface area contributed by atoms with Gasteiger partial charge in [0.15, 0.2) is 5.78 Å². The molecule has 2 heterocycles. The van der Waals surface area contributed by atoms with E-state index in [2.05, 4.69) is 32.4 Å². The third-order valence-electron chi connectivity index (χ3n) is 8.94. The number of Topliss-reactive ketones (excluding diaryl/α,β-unsaturated/α-hetero) is 1. The molecule has 2 saturated carbocycles. The molecule has 2 aliphatic rings. The zero-order valence-corrected chi connectivity index (χ0v) is 28.3. The maximum atomic E-state index is 15.6. The lowest BCUT2D eigenvalue weighted by molar-refractivity contribution is 0.0976. The van der Waals surface area contributed by atoms with Crippen LogP contribution in [0.25, 0.3) is 11.1 Å². The molecule has 4 aromatic rings. The van der Waals surface area contributed by atoms with Gasteiger partial charge in [-0.1, -0.05) is 12.8 Å². The number of carbonyl (C=O) groups excluding carboxylic acids is 1. The van der Waals surface area contributed by atoms with Crippen molar-refractivity contribution in [3.63, 3.8) is 0 Å². The van der Waals surface area contributed by atoms with E-state index in [1.165, 1.54) is 25.4 Å². The van der Waals surface area contributed by atoms with Gasteiger partial charge >= 0.3 is 0 Å². The largest absolute Gasteiger partial charge is 0.393 e. The summed E-state index contributed by atoms with van der Waals surface area (Å²) in [5.41, 5.74) is 3.19. The molecule has 10 nitrogen and oxygen atoms in total. The summed E-state index contributed by atoms with van der Waals surface area (Å²) >= 11 is 0.